The van der Waals surface area contributed by atoms with Crippen molar-refractivity contribution in [2.45, 2.75) is 44.1 Å². The van der Waals surface area contributed by atoms with E-state index >= 15 is 0 Å². The van der Waals surface area contributed by atoms with Crippen molar-refractivity contribution in [1.29, 1.82) is 0 Å². The van der Waals surface area contributed by atoms with Crippen molar-refractivity contribution < 1.29 is 19.5 Å². The Morgan fingerprint density at radius 2 is 1.75 bits per heavy atom. The lowest BCUT2D eigenvalue weighted by Gasteiger charge is -2.26. The second kappa shape index (κ2) is 6.11. The van der Waals surface area contributed by atoms with Crippen molar-refractivity contribution in [2.24, 2.45) is 0 Å². The molecule has 1 aliphatic heterocycles. The van der Waals surface area contributed by atoms with Crippen LogP contribution in [0.4, 0.5) is 4.79 Å². The van der Waals surface area contributed by atoms with Gasteiger partial charge in [0, 0.05) is 26.1 Å². The Hall–Kier alpha value is -1.79. The van der Waals surface area contributed by atoms with E-state index in [1.54, 1.807) is 0 Å². The summed E-state index contributed by atoms with van der Waals surface area (Å²) in [7, 11) is 0. The minimum atomic E-state index is -1.08. The molecule has 0 aromatic rings. The lowest BCUT2D eigenvalue weighted by molar-refractivity contribution is -0.140. The van der Waals surface area contributed by atoms with Crippen LogP contribution in [0.5, 0.6) is 0 Å². The van der Waals surface area contributed by atoms with E-state index in [0.717, 1.165) is 25.9 Å². The van der Waals surface area contributed by atoms with Crippen LogP contribution in [0.25, 0.3) is 0 Å². The van der Waals surface area contributed by atoms with Crippen LogP contribution in [0.15, 0.2) is 0 Å². The molecule has 2 aliphatic rings. The number of aliphatic carboxylic acids is 1. The Balaban J connectivity index is 1.64. The zero-order valence-corrected chi connectivity index (χ0v) is 11.5. The summed E-state index contributed by atoms with van der Waals surface area (Å²) in [6.45, 7) is 1.83. The predicted octanol–water partition coefficient (Wildman–Crippen LogP) is 0.305. The fourth-order valence-electron chi connectivity index (χ4n) is 2.36. The first kappa shape index (κ1) is 14.6. The monoisotopic (exact) mass is 283 g/mol. The third-order valence-corrected chi connectivity index (χ3v) is 3.85. The lowest BCUT2D eigenvalue weighted by atomic mass is 10.1. The van der Waals surface area contributed by atoms with Crippen molar-refractivity contribution in [2.75, 3.05) is 19.6 Å². The number of piperidine rings is 1. The van der Waals surface area contributed by atoms with E-state index in [-0.39, 0.29) is 18.9 Å². The van der Waals surface area contributed by atoms with Crippen molar-refractivity contribution in [1.82, 2.24) is 15.5 Å². The van der Waals surface area contributed by atoms with Gasteiger partial charge in [0.2, 0.25) is 5.91 Å². The summed E-state index contributed by atoms with van der Waals surface area (Å²) in [6.07, 6.45) is 4.43. The molecular weight excluding hydrogens is 262 g/mol. The van der Waals surface area contributed by atoms with E-state index in [2.05, 4.69) is 10.6 Å². The first-order valence-corrected chi connectivity index (χ1v) is 7.11. The number of nitrogens with zero attached hydrogens (tertiary/aromatic N) is 1. The summed E-state index contributed by atoms with van der Waals surface area (Å²) in [4.78, 5) is 36.1. The Kier molecular flexibility index (Phi) is 4.46. The average Bonchev–Trinajstić information content (AvgIpc) is 3.20. The normalized spacial score (nSPS) is 20.1. The number of carboxylic acids is 1. The van der Waals surface area contributed by atoms with Crippen molar-refractivity contribution in [3.05, 3.63) is 0 Å². The van der Waals surface area contributed by atoms with Crippen LogP contribution in [0.3, 0.4) is 0 Å². The van der Waals surface area contributed by atoms with Gasteiger partial charge in [-0.2, -0.15) is 0 Å². The van der Waals surface area contributed by atoms with Crippen LogP contribution in [0.2, 0.25) is 0 Å². The summed E-state index contributed by atoms with van der Waals surface area (Å²) in [5.41, 5.74) is -1.08. The molecule has 1 saturated carbocycles. The van der Waals surface area contributed by atoms with Crippen molar-refractivity contribution >= 4 is 17.9 Å². The van der Waals surface area contributed by atoms with Gasteiger partial charge in [0.1, 0.15) is 5.54 Å². The van der Waals surface area contributed by atoms with E-state index in [0.29, 0.717) is 12.8 Å². The van der Waals surface area contributed by atoms with Crippen LogP contribution < -0.4 is 10.6 Å². The van der Waals surface area contributed by atoms with E-state index < -0.39 is 17.5 Å². The molecule has 3 N–H and O–H groups in total. The van der Waals surface area contributed by atoms with Crippen LogP contribution in [0, 0.1) is 0 Å². The number of amides is 3. The molecule has 0 bridgehead atoms. The number of carbonyl (C=O) groups is 3. The number of hydrogen-bond donors (Lipinski definition) is 3. The highest BCUT2D eigenvalue weighted by atomic mass is 16.4. The first-order valence-electron chi connectivity index (χ1n) is 7.11. The second-order valence-electron chi connectivity index (χ2n) is 5.46. The molecule has 0 unspecified atom stereocenters. The van der Waals surface area contributed by atoms with E-state index in [4.69, 9.17) is 5.11 Å². The average molecular weight is 283 g/mol. The molecular formula is C13H21N3O4. The number of carbonyl (C=O) groups excluding carboxylic acids is 2. The summed E-state index contributed by atoms with van der Waals surface area (Å²) in [5.74, 6) is -0.957. The minimum Gasteiger partial charge on any atom is -0.480 e. The zero-order valence-electron chi connectivity index (χ0n) is 11.5. The van der Waals surface area contributed by atoms with E-state index in [1.165, 1.54) is 6.42 Å². The number of urea groups is 1. The number of hydrogen-bond acceptors (Lipinski definition) is 3. The molecule has 1 heterocycles. The number of likely N-dealkylation sites (tertiary alicyclic amines) is 1. The molecule has 3 amide bonds. The maximum Gasteiger partial charge on any atom is 0.329 e. The summed E-state index contributed by atoms with van der Waals surface area (Å²) in [5, 5.41) is 13.9. The largest absolute Gasteiger partial charge is 0.480 e. The molecule has 112 valence electrons. The quantitative estimate of drug-likeness (QED) is 0.676. The summed E-state index contributed by atoms with van der Waals surface area (Å²) >= 11 is 0. The Morgan fingerprint density at radius 3 is 2.30 bits per heavy atom. The standard InChI is InChI=1S/C13H21N3O4/c17-10(16-8-2-1-3-9-16)4-7-14-12(20)15-13(5-6-13)11(18)19/h1-9H2,(H,18,19)(H2,14,15,20). The maximum atomic E-state index is 11.8. The van der Waals surface area contributed by atoms with Crippen LogP contribution >= 0.6 is 0 Å². The zero-order chi connectivity index (χ0) is 14.6. The Labute approximate surface area is 117 Å². The highest BCUT2D eigenvalue weighted by Gasteiger charge is 2.51. The highest BCUT2D eigenvalue weighted by molar-refractivity contribution is 5.89. The third kappa shape index (κ3) is 3.61. The molecule has 0 aromatic carbocycles. The van der Waals surface area contributed by atoms with Gasteiger partial charge in [0.05, 0.1) is 0 Å². The van der Waals surface area contributed by atoms with Gasteiger partial charge in [-0.25, -0.2) is 9.59 Å². The number of carboxylic acid groups (broad SMARTS) is 1. The van der Waals surface area contributed by atoms with Gasteiger partial charge in [0.25, 0.3) is 0 Å². The van der Waals surface area contributed by atoms with Gasteiger partial charge in [0.15, 0.2) is 0 Å². The van der Waals surface area contributed by atoms with Crippen LogP contribution in [0.1, 0.15) is 38.5 Å². The lowest BCUT2D eigenvalue weighted by Crippen LogP contribution is -2.48. The van der Waals surface area contributed by atoms with Crippen LogP contribution in [-0.2, 0) is 9.59 Å². The molecule has 2 rings (SSSR count). The molecule has 7 nitrogen and oxygen atoms in total. The highest BCUT2D eigenvalue weighted by Crippen LogP contribution is 2.35. The number of rotatable bonds is 5. The smallest absolute Gasteiger partial charge is 0.329 e. The first-order chi connectivity index (χ1) is 9.53. The summed E-state index contributed by atoms with van der Waals surface area (Å²) < 4.78 is 0. The Bertz CT molecular complexity index is 400. The minimum absolute atomic E-state index is 0.0457. The number of nitrogens with one attached hydrogen (secondary N) is 2. The van der Waals surface area contributed by atoms with Crippen molar-refractivity contribution in [3.63, 3.8) is 0 Å². The fourth-order valence-corrected chi connectivity index (χ4v) is 2.36. The molecule has 0 atom stereocenters. The predicted molar refractivity (Wildman–Crippen MR) is 71.2 cm³/mol. The molecule has 1 saturated heterocycles. The topological polar surface area (TPSA) is 98.7 Å². The van der Waals surface area contributed by atoms with E-state index in [1.807, 2.05) is 4.90 Å². The molecule has 7 heteroatoms. The van der Waals surface area contributed by atoms with Gasteiger partial charge in [-0.05, 0) is 32.1 Å². The van der Waals surface area contributed by atoms with Gasteiger partial charge >= 0.3 is 12.0 Å². The summed E-state index contributed by atoms with van der Waals surface area (Å²) in [6, 6.07) is -0.517. The second-order valence-corrected chi connectivity index (χ2v) is 5.46. The van der Waals surface area contributed by atoms with Crippen molar-refractivity contribution in [3.8, 4) is 0 Å². The SMILES string of the molecule is O=C(NCCC(=O)N1CCCCC1)NC1(C(=O)O)CC1. The fraction of sp³-hybridized carbons (Fsp3) is 0.769. The van der Waals surface area contributed by atoms with E-state index in [9.17, 15) is 14.4 Å². The molecule has 20 heavy (non-hydrogen) atoms. The van der Waals surface area contributed by atoms with Crippen LogP contribution in [-0.4, -0.2) is 53.1 Å². The Morgan fingerprint density at radius 1 is 1.10 bits per heavy atom. The maximum absolute atomic E-state index is 11.8. The molecule has 0 radical (unpaired) electrons. The molecule has 1 aliphatic carbocycles. The van der Waals surface area contributed by atoms with Gasteiger partial charge < -0.3 is 20.6 Å². The molecule has 0 spiro atoms. The third-order valence-electron chi connectivity index (χ3n) is 3.85. The molecule has 2 fully saturated rings. The van der Waals surface area contributed by atoms with Gasteiger partial charge in [-0.1, -0.05) is 0 Å². The van der Waals surface area contributed by atoms with Gasteiger partial charge in [-0.15, -0.1) is 0 Å². The van der Waals surface area contributed by atoms with Gasteiger partial charge in [-0.3, -0.25) is 4.79 Å². The molecule has 0 aromatic heterocycles.